The highest BCUT2D eigenvalue weighted by Gasteiger charge is 2.54. The van der Waals surface area contributed by atoms with Crippen LogP contribution in [0.15, 0.2) is 65.8 Å². The Morgan fingerprint density at radius 2 is 1.54 bits per heavy atom. The molecule has 2 aromatic rings. The van der Waals surface area contributed by atoms with Crippen molar-refractivity contribution in [1.82, 2.24) is 4.90 Å². The maximum atomic E-state index is 5.15. The lowest BCUT2D eigenvalue weighted by atomic mass is 9.70. The second kappa shape index (κ2) is 5.45. The summed E-state index contributed by atoms with van der Waals surface area (Å²) in [4.78, 5) is 2.64. The fourth-order valence-electron chi connectivity index (χ4n) is 4.88. The molecule has 4 aliphatic rings. The number of hydrogen-bond donors (Lipinski definition) is 0. The van der Waals surface area contributed by atoms with E-state index in [4.69, 9.17) is 5.10 Å². The molecule has 3 saturated heterocycles. The van der Waals surface area contributed by atoms with Crippen LogP contribution in [0.3, 0.4) is 0 Å². The van der Waals surface area contributed by atoms with Crippen LogP contribution in [0.1, 0.15) is 24.8 Å². The summed E-state index contributed by atoms with van der Waals surface area (Å²) in [6.07, 6.45) is 3.68. The van der Waals surface area contributed by atoms with Gasteiger partial charge in [-0.2, -0.15) is 5.10 Å². The summed E-state index contributed by atoms with van der Waals surface area (Å²) in [7, 11) is 0. The lowest BCUT2D eigenvalue weighted by Crippen LogP contribution is -2.64. The van der Waals surface area contributed by atoms with Gasteiger partial charge in [0.15, 0.2) is 0 Å². The zero-order valence-corrected chi connectivity index (χ0v) is 13.9. The standard InChI is InChI=1S/C21H23N3/c1-3-7-17(8-4-1)20-15-21(16-23-13-11-18(21)12-14-23)24(22-20)19-9-5-2-6-10-19/h1-10,18H,11-16H2. The predicted molar refractivity (Wildman–Crippen MR) is 98.4 cm³/mol. The molecule has 2 aromatic carbocycles. The lowest BCUT2D eigenvalue weighted by molar-refractivity contribution is 0.0318. The smallest absolute Gasteiger partial charge is 0.0845 e. The summed E-state index contributed by atoms with van der Waals surface area (Å²) in [5.74, 6) is 0.743. The Kier molecular flexibility index (Phi) is 3.23. The Bertz CT molecular complexity index is 747. The van der Waals surface area contributed by atoms with Gasteiger partial charge in [0.1, 0.15) is 0 Å². The number of fused-ring (bicyclic) bond motifs is 2. The van der Waals surface area contributed by atoms with E-state index in [2.05, 4.69) is 70.6 Å². The minimum atomic E-state index is 0.142. The largest absolute Gasteiger partial charge is 0.301 e. The third-order valence-corrected chi connectivity index (χ3v) is 6.07. The van der Waals surface area contributed by atoms with Crippen molar-refractivity contribution in [3.8, 4) is 0 Å². The summed E-state index contributed by atoms with van der Waals surface area (Å²) >= 11 is 0. The van der Waals surface area contributed by atoms with Crippen molar-refractivity contribution in [1.29, 1.82) is 0 Å². The Morgan fingerprint density at radius 3 is 2.17 bits per heavy atom. The van der Waals surface area contributed by atoms with Gasteiger partial charge < -0.3 is 4.90 Å². The Hall–Kier alpha value is -2.13. The van der Waals surface area contributed by atoms with Gasteiger partial charge >= 0.3 is 0 Å². The van der Waals surface area contributed by atoms with Crippen LogP contribution in [0.2, 0.25) is 0 Å². The van der Waals surface area contributed by atoms with E-state index in [1.807, 2.05) is 0 Å². The maximum absolute atomic E-state index is 5.15. The van der Waals surface area contributed by atoms with Gasteiger partial charge in [-0.15, -0.1) is 0 Å². The van der Waals surface area contributed by atoms with Crippen molar-refractivity contribution in [3.05, 3.63) is 66.2 Å². The number of anilines is 1. The molecule has 1 unspecified atom stereocenters. The molecule has 0 aliphatic carbocycles. The summed E-state index contributed by atoms with van der Waals surface area (Å²) in [6, 6.07) is 21.5. The van der Waals surface area contributed by atoms with Crippen molar-refractivity contribution in [2.24, 2.45) is 11.0 Å². The summed E-state index contributed by atoms with van der Waals surface area (Å²) in [5, 5.41) is 7.51. The van der Waals surface area contributed by atoms with Crippen LogP contribution in [0.4, 0.5) is 5.69 Å². The van der Waals surface area contributed by atoms with Gasteiger partial charge in [-0.3, -0.25) is 5.01 Å². The molecule has 3 nitrogen and oxygen atoms in total. The number of nitrogens with zero attached hydrogens (tertiary/aromatic N) is 3. The molecule has 1 spiro atoms. The molecule has 0 saturated carbocycles. The van der Waals surface area contributed by atoms with E-state index in [1.165, 1.54) is 42.9 Å². The van der Waals surface area contributed by atoms with Crippen molar-refractivity contribution in [3.63, 3.8) is 0 Å². The Balaban J connectivity index is 1.60. The minimum absolute atomic E-state index is 0.142. The molecular weight excluding hydrogens is 294 g/mol. The van der Waals surface area contributed by atoms with E-state index in [0.29, 0.717) is 0 Å². The van der Waals surface area contributed by atoms with Crippen molar-refractivity contribution < 1.29 is 0 Å². The molecule has 2 bridgehead atoms. The molecule has 0 amide bonds. The molecule has 6 rings (SSSR count). The minimum Gasteiger partial charge on any atom is -0.301 e. The molecule has 3 fully saturated rings. The fraction of sp³-hybridized carbons (Fsp3) is 0.381. The molecule has 24 heavy (non-hydrogen) atoms. The highest BCUT2D eigenvalue weighted by molar-refractivity contribution is 6.04. The number of hydrazone groups is 1. The van der Waals surface area contributed by atoms with E-state index >= 15 is 0 Å². The van der Waals surface area contributed by atoms with Gasteiger partial charge in [0.2, 0.25) is 0 Å². The van der Waals surface area contributed by atoms with Gasteiger partial charge in [-0.1, -0.05) is 48.5 Å². The summed E-state index contributed by atoms with van der Waals surface area (Å²) in [5.41, 5.74) is 3.89. The van der Waals surface area contributed by atoms with Crippen LogP contribution < -0.4 is 5.01 Å². The van der Waals surface area contributed by atoms with Crippen LogP contribution in [-0.2, 0) is 0 Å². The van der Waals surface area contributed by atoms with Crippen LogP contribution >= 0.6 is 0 Å². The molecule has 4 aliphatic heterocycles. The number of rotatable bonds is 2. The Morgan fingerprint density at radius 1 is 0.875 bits per heavy atom. The first-order valence-corrected chi connectivity index (χ1v) is 9.06. The molecule has 122 valence electrons. The topological polar surface area (TPSA) is 18.8 Å². The molecule has 4 heterocycles. The quantitative estimate of drug-likeness (QED) is 0.840. The van der Waals surface area contributed by atoms with Gasteiger partial charge in [0.05, 0.1) is 16.9 Å². The normalized spacial score (nSPS) is 31.5. The first-order valence-electron chi connectivity index (χ1n) is 9.06. The number of para-hydroxylation sites is 1. The molecule has 0 radical (unpaired) electrons. The maximum Gasteiger partial charge on any atom is 0.0845 e. The molecule has 0 N–H and O–H groups in total. The SMILES string of the molecule is c1ccc(C2=NN(c3ccccc3)C3(C2)CN2CCC3CC2)cc1. The van der Waals surface area contributed by atoms with Crippen LogP contribution in [0.5, 0.6) is 0 Å². The molecule has 1 atom stereocenters. The van der Waals surface area contributed by atoms with Crippen LogP contribution in [-0.4, -0.2) is 35.8 Å². The van der Waals surface area contributed by atoms with E-state index in [9.17, 15) is 0 Å². The molecule has 0 aromatic heterocycles. The third-order valence-electron chi connectivity index (χ3n) is 6.07. The first kappa shape index (κ1) is 14.2. The second-order valence-electron chi connectivity index (χ2n) is 7.39. The van der Waals surface area contributed by atoms with E-state index < -0.39 is 0 Å². The van der Waals surface area contributed by atoms with Crippen LogP contribution in [0, 0.1) is 5.92 Å². The highest BCUT2D eigenvalue weighted by Crippen LogP contribution is 2.47. The van der Waals surface area contributed by atoms with Gasteiger partial charge in [-0.05, 0) is 49.5 Å². The lowest BCUT2D eigenvalue weighted by Gasteiger charge is -2.54. The fourth-order valence-corrected chi connectivity index (χ4v) is 4.88. The first-order chi connectivity index (χ1) is 11.9. The van der Waals surface area contributed by atoms with E-state index in [0.717, 1.165) is 18.9 Å². The van der Waals surface area contributed by atoms with Crippen molar-refractivity contribution >= 4 is 11.4 Å². The number of hydrogen-bond acceptors (Lipinski definition) is 3. The number of piperidine rings is 3. The van der Waals surface area contributed by atoms with E-state index in [1.54, 1.807) is 0 Å². The third kappa shape index (κ3) is 2.11. The number of benzene rings is 2. The van der Waals surface area contributed by atoms with Gasteiger partial charge in [0, 0.05) is 13.0 Å². The Labute approximate surface area is 143 Å². The molecular formula is C21H23N3. The zero-order chi connectivity index (χ0) is 16.0. The van der Waals surface area contributed by atoms with E-state index in [-0.39, 0.29) is 5.54 Å². The summed E-state index contributed by atoms with van der Waals surface area (Å²) in [6.45, 7) is 3.66. The van der Waals surface area contributed by atoms with Gasteiger partial charge in [-0.25, -0.2) is 0 Å². The zero-order valence-electron chi connectivity index (χ0n) is 13.9. The molecule has 3 heteroatoms. The van der Waals surface area contributed by atoms with Crippen LogP contribution in [0.25, 0.3) is 0 Å². The predicted octanol–water partition coefficient (Wildman–Crippen LogP) is 3.77. The summed E-state index contributed by atoms with van der Waals surface area (Å²) < 4.78 is 0. The monoisotopic (exact) mass is 317 g/mol. The highest BCUT2D eigenvalue weighted by atomic mass is 15.5. The van der Waals surface area contributed by atoms with Crippen molar-refractivity contribution in [2.75, 3.05) is 24.6 Å². The average molecular weight is 317 g/mol. The second-order valence-corrected chi connectivity index (χ2v) is 7.39. The van der Waals surface area contributed by atoms with Gasteiger partial charge in [0.25, 0.3) is 0 Å². The average Bonchev–Trinajstić information content (AvgIpc) is 3.03. The van der Waals surface area contributed by atoms with Crippen molar-refractivity contribution in [2.45, 2.75) is 24.8 Å².